The Kier molecular flexibility index (Phi) is 6.64. The van der Waals surface area contributed by atoms with E-state index in [4.69, 9.17) is 23.2 Å². The number of hydrogen-bond donors (Lipinski definition) is 4. The Labute approximate surface area is 190 Å². The summed E-state index contributed by atoms with van der Waals surface area (Å²) in [5, 5.41) is 20.0. The van der Waals surface area contributed by atoms with Crippen LogP contribution in [0, 0.1) is 6.92 Å². The largest absolute Gasteiger partial charge is 0.477 e. The number of rotatable bonds is 6. The van der Waals surface area contributed by atoms with Crippen molar-refractivity contribution in [3.63, 3.8) is 0 Å². The molecule has 1 saturated heterocycles. The molecule has 4 rings (SSSR count). The van der Waals surface area contributed by atoms with Gasteiger partial charge in [0.05, 0.1) is 16.4 Å². The first-order valence-electron chi connectivity index (χ1n) is 10.4. The third-order valence-electron chi connectivity index (χ3n) is 5.58. The minimum Gasteiger partial charge on any atom is -0.477 e. The van der Waals surface area contributed by atoms with Crippen LogP contribution in [0.1, 0.15) is 41.7 Å². The predicted molar refractivity (Wildman–Crippen MR) is 122 cm³/mol. The van der Waals surface area contributed by atoms with Gasteiger partial charge in [0.2, 0.25) is 5.95 Å². The van der Waals surface area contributed by atoms with Gasteiger partial charge in [-0.05, 0) is 19.8 Å². The van der Waals surface area contributed by atoms with E-state index in [0.717, 1.165) is 51.9 Å². The van der Waals surface area contributed by atoms with Gasteiger partial charge in [0.1, 0.15) is 17.2 Å². The molecule has 4 N–H and O–H groups in total. The van der Waals surface area contributed by atoms with Gasteiger partial charge >= 0.3 is 5.97 Å². The number of carboxylic acid groups (broad SMARTS) is 1. The van der Waals surface area contributed by atoms with Crippen molar-refractivity contribution in [2.24, 2.45) is 0 Å². The Morgan fingerprint density at radius 3 is 2.55 bits per heavy atom. The van der Waals surface area contributed by atoms with Crippen LogP contribution in [0.25, 0.3) is 0 Å². The molecular weight excluding hydrogens is 441 g/mol. The Balaban J connectivity index is 1.61. The van der Waals surface area contributed by atoms with E-state index in [1.54, 1.807) is 13.0 Å². The molecule has 1 aliphatic heterocycles. The van der Waals surface area contributed by atoms with Gasteiger partial charge in [-0.3, -0.25) is 0 Å². The number of halogens is 2. The zero-order valence-electron chi connectivity index (χ0n) is 17.2. The van der Waals surface area contributed by atoms with Gasteiger partial charge in [-0.1, -0.05) is 36.0 Å². The topological polar surface area (TPSA) is 115 Å². The summed E-state index contributed by atoms with van der Waals surface area (Å²) in [6, 6.07) is 1.89. The van der Waals surface area contributed by atoms with Crippen molar-refractivity contribution in [3.8, 4) is 0 Å². The fourth-order valence-corrected chi connectivity index (χ4v) is 4.75. The fraction of sp³-hybridized carbons (Fsp3) is 0.500. The number of aryl methyl sites for hydroxylation is 1. The van der Waals surface area contributed by atoms with E-state index in [-0.39, 0.29) is 17.6 Å². The molecule has 0 atom stereocenters. The minimum atomic E-state index is -1.06. The number of nitrogens with one attached hydrogen (secondary N) is 3. The first-order chi connectivity index (χ1) is 14.9. The van der Waals surface area contributed by atoms with Crippen molar-refractivity contribution in [1.82, 2.24) is 20.3 Å². The van der Waals surface area contributed by atoms with Crippen molar-refractivity contribution in [2.45, 2.75) is 38.6 Å². The molecule has 0 aromatic carbocycles. The van der Waals surface area contributed by atoms with Crippen LogP contribution < -0.4 is 20.9 Å². The number of piperazine rings is 1. The lowest BCUT2D eigenvalue weighted by molar-refractivity contribution is 0.0696. The molecule has 9 nitrogen and oxygen atoms in total. The van der Waals surface area contributed by atoms with Crippen LogP contribution in [0.5, 0.6) is 0 Å². The van der Waals surface area contributed by atoms with E-state index in [1.807, 2.05) is 0 Å². The first kappa shape index (κ1) is 21.9. The zero-order valence-corrected chi connectivity index (χ0v) is 18.7. The molecule has 0 spiro atoms. The van der Waals surface area contributed by atoms with Crippen LogP contribution >= 0.6 is 23.2 Å². The molecule has 0 bridgehead atoms. The molecule has 0 unspecified atom stereocenters. The van der Waals surface area contributed by atoms with Crippen LogP contribution in [0.15, 0.2) is 6.07 Å². The van der Waals surface area contributed by atoms with Crippen molar-refractivity contribution in [3.05, 3.63) is 27.5 Å². The van der Waals surface area contributed by atoms with Gasteiger partial charge in [0.25, 0.3) is 0 Å². The Hall–Kier alpha value is -2.36. The monoisotopic (exact) mass is 465 g/mol. The highest BCUT2D eigenvalue weighted by atomic mass is 35.5. The lowest BCUT2D eigenvalue weighted by Crippen LogP contribution is -2.43. The number of nitrogens with zero attached hydrogens (tertiary/aromatic N) is 4. The number of anilines is 4. The van der Waals surface area contributed by atoms with Crippen molar-refractivity contribution in [1.29, 1.82) is 0 Å². The SMILES string of the molecule is Cc1nc(Nc2cc(Cl)c(N3CCNCC3)c(Cl)n2)nc(NC2CCCC2)c1C(=O)O. The lowest BCUT2D eigenvalue weighted by atomic mass is 10.2. The van der Waals surface area contributed by atoms with Gasteiger partial charge in [-0.25, -0.2) is 14.8 Å². The van der Waals surface area contributed by atoms with E-state index in [1.165, 1.54) is 0 Å². The summed E-state index contributed by atoms with van der Waals surface area (Å²) in [6.45, 7) is 4.95. The molecule has 11 heteroatoms. The second kappa shape index (κ2) is 9.42. The maximum atomic E-state index is 11.8. The highest BCUT2D eigenvalue weighted by Gasteiger charge is 2.23. The minimum absolute atomic E-state index is 0.0792. The molecule has 166 valence electrons. The van der Waals surface area contributed by atoms with Gasteiger partial charge in [0, 0.05) is 38.3 Å². The van der Waals surface area contributed by atoms with Crippen molar-refractivity contribution < 1.29 is 9.90 Å². The average Bonchev–Trinajstić information content (AvgIpc) is 3.20. The molecular formula is C20H25Cl2N7O2. The smallest absolute Gasteiger partial charge is 0.341 e. The number of aromatic nitrogens is 3. The summed E-state index contributed by atoms with van der Waals surface area (Å²) in [7, 11) is 0. The summed E-state index contributed by atoms with van der Waals surface area (Å²) in [5.41, 5.74) is 1.15. The number of hydrogen-bond acceptors (Lipinski definition) is 8. The maximum Gasteiger partial charge on any atom is 0.341 e. The van der Waals surface area contributed by atoms with E-state index >= 15 is 0 Å². The fourth-order valence-electron chi connectivity index (χ4n) is 4.08. The molecule has 1 saturated carbocycles. The molecule has 2 aliphatic rings. The van der Waals surface area contributed by atoms with E-state index in [0.29, 0.717) is 33.2 Å². The Morgan fingerprint density at radius 1 is 1.19 bits per heavy atom. The number of aromatic carboxylic acids is 1. The summed E-state index contributed by atoms with van der Waals surface area (Å²) in [4.78, 5) is 27.0. The highest BCUT2D eigenvalue weighted by Crippen LogP contribution is 2.35. The normalized spacial score (nSPS) is 17.1. The zero-order chi connectivity index (χ0) is 22.0. The molecule has 0 radical (unpaired) electrons. The molecule has 2 fully saturated rings. The van der Waals surface area contributed by atoms with Crippen molar-refractivity contribution >= 4 is 52.4 Å². The van der Waals surface area contributed by atoms with Gasteiger partial charge in [-0.2, -0.15) is 4.98 Å². The standard InChI is InChI=1S/C20H25Cl2N7O2/c1-11-15(19(30)31)18(25-12-4-2-3-5-12)28-20(24-11)27-14-10-13(21)16(17(22)26-14)29-8-6-23-7-9-29/h10,12,23H,2-9H2,1H3,(H,30,31)(H2,24,25,26,27,28). The van der Waals surface area contributed by atoms with Crippen LogP contribution in [0.2, 0.25) is 10.2 Å². The number of carboxylic acids is 1. The first-order valence-corrected chi connectivity index (χ1v) is 11.1. The van der Waals surface area contributed by atoms with Crippen molar-refractivity contribution in [2.75, 3.05) is 41.7 Å². The number of pyridine rings is 1. The highest BCUT2D eigenvalue weighted by molar-refractivity contribution is 6.38. The summed E-state index contributed by atoms with van der Waals surface area (Å²) in [6.07, 6.45) is 4.22. The maximum absolute atomic E-state index is 11.8. The van der Waals surface area contributed by atoms with E-state index in [9.17, 15) is 9.90 Å². The quantitative estimate of drug-likeness (QED) is 0.473. The Morgan fingerprint density at radius 2 is 1.90 bits per heavy atom. The summed E-state index contributed by atoms with van der Waals surface area (Å²) >= 11 is 13.0. The Bertz CT molecular complexity index is 953. The molecule has 0 amide bonds. The summed E-state index contributed by atoms with van der Waals surface area (Å²) in [5.74, 6) is -0.126. The third kappa shape index (κ3) is 4.94. The number of carbonyl (C=O) groups is 1. The molecule has 3 heterocycles. The van der Waals surface area contributed by atoms with Crippen LogP contribution in [0.4, 0.5) is 23.3 Å². The third-order valence-corrected chi connectivity index (χ3v) is 6.13. The van der Waals surface area contributed by atoms with Crippen LogP contribution in [-0.4, -0.2) is 58.2 Å². The summed E-state index contributed by atoms with van der Waals surface area (Å²) < 4.78 is 0. The molecule has 31 heavy (non-hydrogen) atoms. The van der Waals surface area contributed by atoms with Crippen LogP contribution in [-0.2, 0) is 0 Å². The molecule has 1 aliphatic carbocycles. The van der Waals surface area contributed by atoms with E-state index < -0.39 is 5.97 Å². The van der Waals surface area contributed by atoms with Crippen LogP contribution in [0.3, 0.4) is 0 Å². The average molecular weight is 466 g/mol. The molecule has 2 aromatic rings. The van der Waals surface area contributed by atoms with Gasteiger partial charge < -0.3 is 26.0 Å². The van der Waals surface area contributed by atoms with Gasteiger partial charge in [0.15, 0.2) is 5.15 Å². The predicted octanol–water partition coefficient (Wildman–Crippen LogP) is 3.69. The molecule has 2 aromatic heterocycles. The second-order valence-electron chi connectivity index (χ2n) is 7.78. The van der Waals surface area contributed by atoms with E-state index in [2.05, 4.69) is 35.8 Å². The van der Waals surface area contributed by atoms with Gasteiger partial charge in [-0.15, -0.1) is 0 Å². The lowest BCUT2D eigenvalue weighted by Gasteiger charge is -2.30. The second-order valence-corrected chi connectivity index (χ2v) is 8.54.